The number of hydrogen-bond acceptors (Lipinski definition) is 4. The lowest BCUT2D eigenvalue weighted by atomic mass is 10.2. The lowest BCUT2D eigenvalue weighted by molar-refractivity contribution is -0.122. The number of benzene rings is 1. The van der Waals surface area contributed by atoms with Crippen LogP contribution in [-0.2, 0) is 11.3 Å². The van der Waals surface area contributed by atoms with Gasteiger partial charge in [0, 0.05) is 12.6 Å². The Hall–Kier alpha value is -1.46. The molecule has 1 rings (SSSR count). The third-order valence-corrected chi connectivity index (χ3v) is 2.98. The van der Waals surface area contributed by atoms with Crippen LogP contribution in [0.5, 0.6) is 11.5 Å². The van der Waals surface area contributed by atoms with Crippen molar-refractivity contribution in [2.45, 2.75) is 32.9 Å². The van der Waals surface area contributed by atoms with Crippen molar-refractivity contribution in [3.05, 3.63) is 22.7 Å². The Morgan fingerprint density at radius 2 is 2.10 bits per heavy atom. The fraction of sp³-hybridized carbons (Fsp3) is 0.533. The molecule has 5 nitrogen and oxygen atoms in total. The van der Waals surface area contributed by atoms with Gasteiger partial charge in [-0.1, -0.05) is 11.6 Å². The molecule has 0 radical (unpaired) electrons. The molecule has 0 aliphatic carbocycles. The van der Waals surface area contributed by atoms with E-state index in [1.54, 1.807) is 7.11 Å². The van der Waals surface area contributed by atoms with Crippen molar-refractivity contribution < 1.29 is 14.3 Å². The molecular weight excluding hydrogens is 292 g/mol. The molecule has 0 aliphatic heterocycles. The summed E-state index contributed by atoms with van der Waals surface area (Å²) in [4.78, 5) is 11.6. The van der Waals surface area contributed by atoms with Crippen molar-refractivity contribution >= 4 is 17.5 Å². The maximum Gasteiger partial charge on any atom is 0.223 e. The number of nitrogens with one attached hydrogen (secondary N) is 2. The van der Waals surface area contributed by atoms with E-state index in [9.17, 15) is 4.79 Å². The van der Waals surface area contributed by atoms with Gasteiger partial charge in [0.05, 0.1) is 25.2 Å². The highest BCUT2D eigenvalue weighted by atomic mass is 35.5. The maximum absolute atomic E-state index is 11.6. The molecular formula is C15H23ClN2O3. The van der Waals surface area contributed by atoms with E-state index in [0.29, 0.717) is 23.1 Å². The first-order valence-electron chi connectivity index (χ1n) is 6.91. The molecule has 0 atom stereocenters. The highest BCUT2D eigenvalue weighted by molar-refractivity contribution is 6.32. The van der Waals surface area contributed by atoms with Gasteiger partial charge in [-0.05, 0) is 38.6 Å². The highest BCUT2D eigenvalue weighted by Crippen LogP contribution is 2.36. The van der Waals surface area contributed by atoms with E-state index >= 15 is 0 Å². The summed E-state index contributed by atoms with van der Waals surface area (Å²) in [5.41, 5.74) is 1.00. The summed E-state index contributed by atoms with van der Waals surface area (Å²) in [6.07, 6.45) is 0.274. The van der Waals surface area contributed by atoms with Crippen molar-refractivity contribution in [1.82, 2.24) is 10.6 Å². The normalized spacial score (nSPS) is 10.6. The van der Waals surface area contributed by atoms with Crippen molar-refractivity contribution in [2.24, 2.45) is 0 Å². The average molecular weight is 315 g/mol. The Labute approximate surface area is 131 Å². The molecule has 0 fully saturated rings. The molecule has 6 heteroatoms. The standard InChI is InChI=1S/C15H23ClN2O3/c1-10(2)18-14(19)5-6-21-15-12(16)7-11(9-17-3)8-13(15)20-4/h7-8,10,17H,5-6,9H2,1-4H3,(H,18,19). The molecule has 0 heterocycles. The third kappa shape index (κ3) is 5.81. The first-order chi connectivity index (χ1) is 9.97. The molecule has 0 spiro atoms. The summed E-state index contributed by atoms with van der Waals surface area (Å²) in [6.45, 7) is 4.77. The van der Waals surface area contributed by atoms with Gasteiger partial charge in [0.25, 0.3) is 0 Å². The van der Waals surface area contributed by atoms with Crippen LogP contribution in [0.3, 0.4) is 0 Å². The van der Waals surface area contributed by atoms with Crippen LogP contribution in [0, 0.1) is 0 Å². The van der Waals surface area contributed by atoms with Crippen LogP contribution in [0.25, 0.3) is 0 Å². The van der Waals surface area contributed by atoms with E-state index in [1.807, 2.05) is 33.0 Å². The van der Waals surface area contributed by atoms with E-state index in [-0.39, 0.29) is 25.0 Å². The van der Waals surface area contributed by atoms with Gasteiger partial charge >= 0.3 is 0 Å². The Balaban J connectivity index is 2.68. The van der Waals surface area contributed by atoms with Gasteiger partial charge in [-0.3, -0.25) is 4.79 Å². The Morgan fingerprint density at radius 1 is 1.38 bits per heavy atom. The smallest absolute Gasteiger partial charge is 0.223 e. The second kappa shape index (κ2) is 8.74. The van der Waals surface area contributed by atoms with E-state index < -0.39 is 0 Å². The van der Waals surface area contributed by atoms with Crippen LogP contribution < -0.4 is 20.1 Å². The number of rotatable bonds is 8. The van der Waals surface area contributed by atoms with Crippen LogP contribution in [0.4, 0.5) is 0 Å². The van der Waals surface area contributed by atoms with E-state index in [4.69, 9.17) is 21.1 Å². The van der Waals surface area contributed by atoms with Crippen molar-refractivity contribution in [1.29, 1.82) is 0 Å². The fourth-order valence-electron chi connectivity index (χ4n) is 1.86. The highest BCUT2D eigenvalue weighted by Gasteiger charge is 2.13. The van der Waals surface area contributed by atoms with E-state index in [2.05, 4.69) is 10.6 Å². The third-order valence-electron chi connectivity index (χ3n) is 2.70. The number of carbonyl (C=O) groups excluding carboxylic acids is 1. The van der Waals surface area contributed by atoms with Gasteiger partial charge in [-0.15, -0.1) is 0 Å². The minimum absolute atomic E-state index is 0.0492. The van der Waals surface area contributed by atoms with E-state index in [1.165, 1.54) is 0 Å². The largest absolute Gasteiger partial charge is 0.493 e. The quantitative estimate of drug-likeness (QED) is 0.773. The summed E-state index contributed by atoms with van der Waals surface area (Å²) in [5.74, 6) is 0.986. The monoisotopic (exact) mass is 314 g/mol. The minimum atomic E-state index is -0.0492. The molecule has 2 N–H and O–H groups in total. The predicted molar refractivity (Wildman–Crippen MR) is 84.2 cm³/mol. The van der Waals surface area contributed by atoms with Crippen molar-refractivity contribution in [2.75, 3.05) is 20.8 Å². The first-order valence-corrected chi connectivity index (χ1v) is 7.28. The molecule has 21 heavy (non-hydrogen) atoms. The van der Waals surface area contributed by atoms with Gasteiger partial charge in [0.1, 0.15) is 0 Å². The van der Waals surface area contributed by atoms with Crippen LogP contribution >= 0.6 is 11.6 Å². The number of amides is 1. The van der Waals surface area contributed by atoms with Gasteiger partial charge in [-0.25, -0.2) is 0 Å². The van der Waals surface area contributed by atoms with Gasteiger partial charge < -0.3 is 20.1 Å². The Kier molecular flexibility index (Phi) is 7.32. The summed E-state index contributed by atoms with van der Waals surface area (Å²) < 4.78 is 10.9. The molecule has 1 aromatic carbocycles. The number of methoxy groups -OCH3 is 1. The fourth-order valence-corrected chi connectivity index (χ4v) is 2.15. The molecule has 0 unspecified atom stereocenters. The molecule has 0 bridgehead atoms. The Bertz CT molecular complexity index is 478. The molecule has 0 saturated heterocycles. The van der Waals surface area contributed by atoms with Crippen LogP contribution in [0.1, 0.15) is 25.8 Å². The molecule has 118 valence electrons. The first kappa shape index (κ1) is 17.6. The summed E-state index contributed by atoms with van der Waals surface area (Å²) in [6, 6.07) is 3.81. The topological polar surface area (TPSA) is 59.6 Å². The molecule has 1 amide bonds. The molecule has 1 aromatic rings. The number of carbonyl (C=O) groups is 1. The zero-order valence-electron chi connectivity index (χ0n) is 13.0. The lowest BCUT2D eigenvalue weighted by Gasteiger charge is -2.14. The lowest BCUT2D eigenvalue weighted by Crippen LogP contribution is -2.31. The average Bonchev–Trinajstić information content (AvgIpc) is 2.40. The number of ether oxygens (including phenoxy) is 2. The second-order valence-corrected chi connectivity index (χ2v) is 5.37. The van der Waals surface area contributed by atoms with Gasteiger partial charge in [0.2, 0.25) is 5.91 Å². The zero-order chi connectivity index (χ0) is 15.8. The maximum atomic E-state index is 11.6. The Morgan fingerprint density at radius 3 is 2.67 bits per heavy atom. The number of halogens is 1. The number of hydrogen-bond donors (Lipinski definition) is 2. The van der Waals surface area contributed by atoms with Gasteiger partial charge in [-0.2, -0.15) is 0 Å². The molecule has 0 saturated carbocycles. The van der Waals surface area contributed by atoms with Crippen molar-refractivity contribution in [3.63, 3.8) is 0 Å². The summed E-state index contributed by atoms with van der Waals surface area (Å²) >= 11 is 6.22. The van der Waals surface area contributed by atoms with Crippen LogP contribution in [0.15, 0.2) is 12.1 Å². The SMILES string of the molecule is CNCc1cc(Cl)c(OCCC(=O)NC(C)C)c(OC)c1. The van der Waals surface area contributed by atoms with Crippen LogP contribution in [0.2, 0.25) is 5.02 Å². The van der Waals surface area contributed by atoms with Gasteiger partial charge in [0.15, 0.2) is 11.5 Å². The van der Waals surface area contributed by atoms with Crippen molar-refractivity contribution in [3.8, 4) is 11.5 Å². The molecule has 0 aliphatic rings. The minimum Gasteiger partial charge on any atom is -0.493 e. The predicted octanol–water partition coefficient (Wildman–Crippen LogP) is 2.36. The zero-order valence-corrected chi connectivity index (χ0v) is 13.7. The second-order valence-electron chi connectivity index (χ2n) is 4.96. The van der Waals surface area contributed by atoms with E-state index in [0.717, 1.165) is 5.56 Å². The molecule has 0 aromatic heterocycles. The van der Waals surface area contributed by atoms with Crippen LogP contribution in [-0.4, -0.2) is 32.7 Å². The summed E-state index contributed by atoms with van der Waals surface area (Å²) in [5, 5.41) is 6.33. The summed E-state index contributed by atoms with van der Waals surface area (Å²) in [7, 11) is 3.42.